The zero-order valence-electron chi connectivity index (χ0n) is 12.9. The summed E-state index contributed by atoms with van der Waals surface area (Å²) in [6.45, 7) is 3.36. The van der Waals surface area contributed by atoms with E-state index in [1.165, 1.54) is 41.3 Å². The number of aryl methyl sites for hydroxylation is 2. The molecule has 0 spiro atoms. The van der Waals surface area contributed by atoms with Gasteiger partial charge in [-0.25, -0.2) is 4.98 Å². The number of nitrogens with two attached hydrogens (primary N) is 1. The van der Waals surface area contributed by atoms with Gasteiger partial charge in [0.1, 0.15) is 0 Å². The van der Waals surface area contributed by atoms with E-state index in [4.69, 9.17) is 5.73 Å². The molecule has 8 nitrogen and oxygen atoms in total. The van der Waals surface area contributed by atoms with Crippen LogP contribution in [0.15, 0.2) is 22.4 Å². The van der Waals surface area contributed by atoms with Crippen molar-refractivity contribution in [3.05, 3.63) is 45.1 Å². The number of carbonyl (C=O) groups excluding carboxylic acids is 2. The van der Waals surface area contributed by atoms with Crippen LogP contribution in [0.4, 0.5) is 10.8 Å². The molecule has 0 aliphatic carbocycles. The van der Waals surface area contributed by atoms with Crippen molar-refractivity contribution in [1.82, 2.24) is 4.98 Å². The van der Waals surface area contributed by atoms with Crippen LogP contribution < -0.4 is 11.1 Å². The maximum Gasteiger partial charge on any atom is 0.273 e. The maximum absolute atomic E-state index is 12.2. The van der Waals surface area contributed by atoms with Crippen LogP contribution in [-0.4, -0.2) is 27.5 Å². The number of nitrogens with one attached hydrogen (secondary N) is 1. The lowest BCUT2D eigenvalue weighted by atomic mass is 10.1. The molecule has 1 heterocycles. The van der Waals surface area contributed by atoms with E-state index in [2.05, 4.69) is 10.3 Å². The fraction of sp³-hybridized carbons (Fsp3) is 0.214. The summed E-state index contributed by atoms with van der Waals surface area (Å²) in [7, 11) is 0. The van der Waals surface area contributed by atoms with Crippen LogP contribution in [0.1, 0.15) is 21.6 Å². The summed E-state index contributed by atoms with van der Waals surface area (Å²) in [4.78, 5) is 37.7. The molecule has 0 atom stereocenters. The molecule has 0 saturated heterocycles. The largest absolute Gasteiger partial charge is 0.369 e. The van der Waals surface area contributed by atoms with E-state index in [9.17, 15) is 19.7 Å². The Hall–Kier alpha value is -2.46. The van der Waals surface area contributed by atoms with Gasteiger partial charge in [-0.1, -0.05) is 17.4 Å². The molecule has 1 aromatic heterocycles. The number of primary amides is 1. The number of nitrogens with zero attached hydrogens (tertiary/aromatic N) is 2. The number of anilines is 1. The molecule has 3 N–H and O–H groups in total. The monoisotopic (exact) mass is 366 g/mol. The molecule has 1 aromatic carbocycles. The summed E-state index contributed by atoms with van der Waals surface area (Å²) >= 11 is 2.46. The van der Waals surface area contributed by atoms with Gasteiger partial charge >= 0.3 is 0 Å². The molecule has 0 aliphatic heterocycles. The van der Waals surface area contributed by atoms with Crippen molar-refractivity contribution in [2.24, 2.45) is 5.73 Å². The summed E-state index contributed by atoms with van der Waals surface area (Å²) in [5, 5.41) is 13.9. The number of nitro benzene ring substituents is 1. The Labute approximate surface area is 145 Å². The fourth-order valence-electron chi connectivity index (χ4n) is 1.82. The van der Waals surface area contributed by atoms with Crippen molar-refractivity contribution in [3.63, 3.8) is 0 Å². The third-order valence-corrected chi connectivity index (χ3v) is 5.45. The standard InChI is InChI=1S/C14H14N4O4S2/c1-7-3-4-9(5-10(7)18(21)22)12(20)17-14-16-8(2)13(24-14)23-6-11(15)19/h3-5H,6H2,1-2H3,(H2,15,19)(H,16,17,20). The normalized spacial score (nSPS) is 10.4. The Kier molecular flexibility index (Phi) is 5.52. The first-order valence-electron chi connectivity index (χ1n) is 6.73. The average molecular weight is 366 g/mol. The van der Waals surface area contributed by atoms with Crippen LogP contribution in [0.3, 0.4) is 0 Å². The minimum Gasteiger partial charge on any atom is -0.369 e. The second-order valence-electron chi connectivity index (χ2n) is 4.86. The quantitative estimate of drug-likeness (QED) is 0.459. The van der Waals surface area contributed by atoms with Crippen LogP contribution in [-0.2, 0) is 4.79 Å². The molecule has 0 saturated carbocycles. The number of benzene rings is 1. The van der Waals surface area contributed by atoms with E-state index in [0.29, 0.717) is 16.4 Å². The molecule has 0 bridgehead atoms. The van der Waals surface area contributed by atoms with Crippen LogP contribution in [0.2, 0.25) is 0 Å². The SMILES string of the molecule is Cc1ccc(C(=O)Nc2nc(C)c(SCC(N)=O)s2)cc1[N+](=O)[O-]. The van der Waals surface area contributed by atoms with Crippen molar-refractivity contribution in [2.75, 3.05) is 11.1 Å². The molecule has 10 heteroatoms. The summed E-state index contributed by atoms with van der Waals surface area (Å²) in [5.74, 6) is -0.802. The van der Waals surface area contributed by atoms with Crippen molar-refractivity contribution in [2.45, 2.75) is 18.1 Å². The highest BCUT2D eigenvalue weighted by Gasteiger charge is 2.17. The third kappa shape index (κ3) is 4.30. The second kappa shape index (κ2) is 7.41. The molecule has 2 amide bonds. The van der Waals surface area contributed by atoms with Gasteiger partial charge in [0.05, 0.1) is 20.6 Å². The molecule has 0 fully saturated rings. The highest BCUT2D eigenvalue weighted by Crippen LogP contribution is 2.32. The molecular formula is C14H14N4O4S2. The summed E-state index contributed by atoms with van der Waals surface area (Å²) in [6, 6.07) is 4.27. The van der Waals surface area contributed by atoms with E-state index in [-0.39, 0.29) is 17.0 Å². The minimum absolute atomic E-state index is 0.115. The summed E-state index contributed by atoms with van der Waals surface area (Å²) < 4.78 is 0.777. The van der Waals surface area contributed by atoms with Gasteiger partial charge < -0.3 is 5.73 Å². The van der Waals surface area contributed by atoms with Crippen LogP contribution in [0, 0.1) is 24.0 Å². The van der Waals surface area contributed by atoms with E-state index in [1.54, 1.807) is 13.8 Å². The molecule has 0 aliphatic rings. The number of aromatic nitrogens is 1. The van der Waals surface area contributed by atoms with E-state index in [1.807, 2.05) is 0 Å². The van der Waals surface area contributed by atoms with Gasteiger partial charge in [-0.2, -0.15) is 0 Å². The first kappa shape index (κ1) is 17.9. The fourth-order valence-corrected chi connectivity index (χ4v) is 3.70. The number of hydrogen-bond acceptors (Lipinski definition) is 7. The second-order valence-corrected chi connectivity index (χ2v) is 7.10. The van der Waals surface area contributed by atoms with Gasteiger partial charge in [0.15, 0.2) is 5.13 Å². The molecular weight excluding hydrogens is 352 g/mol. The lowest BCUT2D eigenvalue weighted by molar-refractivity contribution is -0.385. The number of carbonyl (C=O) groups is 2. The van der Waals surface area contributed by atoms with Gasteiger partial charge in [-0.3, -0.25) is 25.0 Å². The highest BCUT2D eigenvalue weighted by molar-refractivity contribution is 8.01. The first-order valence-corrected chi connectivity index (χ1v) is 8.53. The lowest BCUT2D eigenvalue weighted by Gasteiger charge is -2.03. The van der Waals surface area contributed by atoms with Gasteiger partial charge in [0.2, 0.25) is 5.91 Å². The van der Waals surface area contributed by atoms with Gasteiger partial charge in [-0.05, 0) is 19.9 Å². The molecule has 0 radical (unpaired) electrons. The lowest BCUT2D eigenvalue weighted by Crippen LogP contribution is -2.12. The minimum atomic E-state index is -0.530. The highest BCUT2D eigenvalue weighted by atomic mass is 32.2. The van der Waals surface area contributed by atoms with E-state index < -0.39 is 16.7 Å². The number of thioether (sulfide) groups is 1. The molecule has 0 unspecified atom stereocenters. The van der Waals surface area contributed by atoms with Crippen molar-refractivity contribution in [1.29, 1.82) is 0 Å². The van der Waals surface area contributed by atoms with Crippen molar-refractivity contribution >= 4 is 45.7 Å². The Morgan fingerprint density at radius 3 is 2.75 bits per heavy atom. The number of nitro groups is 1. The number of hydrogen-bond donors (Lipinski definition) is 2. The summed E-state index contributed by atoms with van der Waals surface area (Å²) in [6.07, 6.45) is 0. The van der Waals surface area contributed by atoms with Crippen LogP contribution in [0.25, 0.3) is 0 Å². The maximum atomic E-state index is 12.2. The van der Waals surface area contributed by atoms with Gasteiger partial charge in [0, 0.05) is 17.2 Å². The number of rotatable bonds is 6. The Morgan fingerprint density at radius 1 is 1.42 bits per heavy atom. The molecule has 2 aromatic rings. The van der Waals surface area contributed by atoms with Crippen LogP contribution >= 0.6 is 23.1 Å². The predicted molar refractivity (Wildman–Crippen MR) is 92.6 cm³/mol. The van der Waals surface area contributed by atoms with Gasteiger partial charge in [0.25, 0.3) is 11.6 Å². The number of thiazole rings is 1. The molecule has 126 valence electrons. The first-order chi connectivity index (χ1) is 11.3. The zero-order valence-corrected chi connectivity index (χ0v) is 14.5. The Morgan fingerprint density at radius 2 is 2.12 bits per heavy atom. The van der Waals surface area contributed by atoms with Crippen molar-refractivity contribution < 1.29 is 14.5 Å². The molecule has 2 rings (SSSR count). The van der Waals surface area contributed by atoms with E-state index >= 15 is 0 Å². The van der Waals surface area contributed by atoms with Crippen LogP contribution in [0.5, 0.6) is 0 Å². The predicted octanol–water partition coefficient (Wildman–Crippen LogP) is 2.50. The number of amides is 2. The third-order valence-electron chi connectivity index (χ3n) is 2.99. The topological polar surface area (TPSA) is 128 Å². The Balaban J connectivity index is 2.15. The average Bonchev–Trinajstić information content (AvgIpc) is 2.84. The molecule has 24 heavy (non-hydrogen) atoms. The summed E-state index contributed by atoms with van der Waals surface area (Å²) in [5.41, 5.74) is 6.32. The van der Waals surface area contributed by atoms with Gasteiger partial charge in [-0.15, -0.1) is 11.8 Å². The smallest absolute Gasteiger partial charge is 0.273 e. The van der Waals surface area contributed by atoms with E-state index in [0.717, 1.165) is 4.21 Å². The van der Waals surface area contributed by atoms with Crippen molar-refractivity contribution in [3.8, 4) is 0 Å². The Bertz CT molecular complexity index is 819. The zero-order chi connectivity index (χ0) is 17.9.